The predicted molar refractivity (Wildman–Crippen MR) is 183 cm³/mol. The molecule has 0 heterocycles. The number of para-hydroxylation sites is 2. The highest BCUT2D eigenvalue weighted by Gasteiger charge is 2.36. The Bertz CT molecular complexity index is 1700. The van der Waals surface area contributed by atoms with E-state index in [4.69, 9.17) is 27.9 Å². The Morgan fingerprint density at radius 3 is 2.09 bits per heavy atom. The first-order valence-corrected chi connectivity index (χ1v) is 17.1. The van der Waals surface area contributed by atoms with Gasteiger partial charge in [0, 0.05) is 35.1 Å². The molecule has 46 heavy (non-hydrogen) atoms. The van der Waals surface area contributed by atoms with Gasteiger partial charge in [0.05, 0.1) is 17.7 Å². The van der Waals surface area contributed by atoms with Crippen LogP contribution in [-0.4, -0.2) is 51.4 Å². The zero-order valence-electron chi connectivity index (χ0n) is 25.7. The monoisotopic (exact) mass is 681 g/mol. The molecule has 0 bridgehead atoms. The molecule has 11 heteroatoms. The van der Waals surface area contributed by atoms with E-state index in [0.717, 1.165) is 22.7 Å². The summed E-state index contributed by atoms with van der Waals surface area (Å²) in [6.07, 6.45) is 1.80. The number of carbonyl (C=O) groups excluding carboxylic acids is 2. The predicted octanol–water partition coefficient (Wildman–Crippen LogP) is 6.75. The Morgan fingerprint density at radius 1 is 0.848 bits per heavy atom. The highest BCUT2D eigenvalue weighted by atomic mass is 35.5. The second-order valence-electron chi connectivity index (χ2n) is 10.6. The fourth-order valence-electron chi connectivity index (χ4n) is 4.98. The van der Waals surface area contributed by atoms with Crippen molar-refractivity contribution in [1.82, 2.24) is 10.2 Å². The van der Waals surface area contributed by atoms with Crippen molar-refractivity contribution in [3.05, 3.63) is 124 Å². The lowest BCUT2D eigenvalue weighted by Crippen LogP contribution is -2.53. The molecular weight excluding hydrogens is 645 g/mol. The third-order valence-electron chi connectivity index (χ3n) is 7.45. The molecule has 0 saturated heterocycles. The quantitative estimate of drug-likeness (QED) is 0.140. The number of nitrogens with one attached hydrogen (secondary N) is 1. The smallest absolute Gasteiger partial charge is 0.264 e. The molecule has 4 aromatic carbocycles. The standard InChI is InChI=1S/C35H37Cl2N3O5S/c1-3-4-22-38-35(42)32(23-26-14-7-5-8-15-26)39(24-28-29(36)18-13-19-30(28)37)34(41)25-40(31-20-11-12-21-33(31)45-2)46(43,44)27-16-9-6-10-17-27/h5-21,32H,3-4,22-25H2,1-2H3,(H,38,42). The van der Waals surface area contributed by atoms with Gasteiger partial charge in [0.25, 0.3) is 10.0 Å². The van der Waals surface area contributed by atoms with Crippen molar-refractivity contribution in [2.24, 2.45) is 0 Å². The molecule has 8 nitrogen and oxygen atoms in total. The number of rotatable bonds is 15. The molecule has 0 aliphatic rings. The molecule has 0 spiro atoms. The number of methoxy groups -OCH3 is 1. The number of sulfonamides is 1. The van der Waals surface area contributed by atoms with Crippen LogP contribution in [-0.2, 0) is 32.6 Å². The molecule has 0 aliphatic heterocycles. The van der Waals surface area contributed by atoms with Gasteiger partial charge in [-0.1, -0.05) is 103 Å². The van der Waals surface area contributed by atoms with Gasteiger partial charge in [0.2, 0.25) is 11.8 Å². The Morgan fingerprint density at radius 2 is 1.46 bits per heavy atom. The maximum absolute atomic E-state index is 14.6. The number of carbonyl (C=O) groups is 2. The van der Waals surface area contributed by atoms with E-state index in [1.165, 1.54) is 24.1 Å². The number of nitrogens with zero attached hydrogens (tertiary/aromatic N) is 2. The minimum Gasteiger partial charge on any atom is -0.495 e. The van der Waals surface area contributed by atoms with Crippen LogP contribution in [0.2, 0.25) is 10.0 Å². The fraction of sp³-hybridized carbons (Fsp3) is 0.257. The summed E-state index contributed by atoms with van der Waals surface area (Å²) in [5, 5.41) is 3.59. The molecule has 2 amide bonds. The van der Waals surface area contributed by atoms with Crippen LogP contribution in [0.25, 0.3) is 0 Å². The molecule has 1 unspecified atom stereocenters. The van der Waals surface area contributed by atoms with Gasteiger partial charge in [-0.25, -0.2) is 8.42 Å². The van der Waals surface area contributed by atoms with Crippen LogP contribution in [0.4, 0.5) is 5.69 Å². The topological polar surface area (TPSA) is 96.0 Å². The number of hydrogen-bond acceptors (Lipinski definition) is 5. The van der Waals surface area contributed by atoms with Crippen LogP contribution in [0, 0.1) is 0 Å². The zero-order chi connectivity index (χ0) is 33.1. The van der Waals surface area contributed by atoms with Crippen molar-refractivity contribution in [2.75, 3.05) is 24.5 Å². The van der Waals surface area contributed by atoms with Gasteiger partial charge in [-0.05, 0) is 48.4 Å². The maximum atomic E-state index is 14.6. The molecule has 0 radical (unpaired) electrons. The van der Waals surface area contributed by atoms with Crippen molar-refractivity contribution < 1.29 is 22.7 Å². The van der Waals surface area contributed by atoms with E-state index in [-0.39, 0.29) is 35.2 Å². The Hall–Kier alpha value is -4.05. The van der Waals surface area contributed by atoms with Crippen molar-refractivity contribution >= 4 is 50.7 Å². The number of halogens is 2. The van der Waals surface area contributed by atoms with Gasteiger partial charge in [-0.3, -0.25) is 13.9 Å². The first-order chi connectivity index (χ1) is 22.2. The van der Waals surface area contributed by atoms with Crippen LogP contribution in [0.5, 0.6) is 5.75 Å². The lowest BCUT2D eigenvalue weighted by Gasteiger charge is -2.34. The number of unbranched alkanes of at least 4 members (excludes halogenated alkanes) is 1. The summed E-state index contributed by atoms with van der Waals surface area (Å²) < 4.78 is 34.9. The molecule has 1 N–H and O–H groups in total. The van der Waals surface area contributed by atoms with Gasteiger partial charge < -0.3 is 15.0 Å². The average molecular weight is 683 g/mol. The van der Waals surface area contributed by atoms with Crippen LogP contribution in [0.1, 0.15) is 30.9 Å². The first kappa shape index (κ1) is 34.8. The van der Waals surface area contributed by atoms with Gasteiger partial charge in [0.1, 0.15) is 18.3 Å². The third kappa shape index (κ3) is 8.60. The normalized spacial score (nSPS) is 11.8. The number of ether oxygens (including phenoxy) is 1. The molecule has 0 aliphatic carbocycles. The Kier molecular flexibility index (Phi) is 12.5. The fourth-order valence-corrected chi connectivity index (χ4v) is 6.95. The minimum atomic E-state index is -4.27. The highest BCUT2D eigenvalue weighted by Crippen LogP contribution is 2.33. The van der Waals surface area contributed by atoms with Crippen molar-refractivity contribution in [2.45, 2.75) is 43.7 Å². The van der Waals surface area contributed by atoms with Crippen molar-refractivity contribution in [1.29, 1.82) is 0 Å². The lowest BCUT2D eigenvalue weighted by atomic mass is 10.0. The summed E-state index contributed by atoms with van der Waals surface area (Å²) in [6.45, 7) is 1.67. The number of benzene rings is 4. The molecule has 0 aromatic heterocycles. The molecule has 1 atom stereocenters. The van der Waals surface area contributed by atoms with E-state index in [2.05, 4.69) is 5.32 Å². The van der Waals surface area contributed by atoms with Crippen LogP contribution < -0.4 is 14.4 Å². The van der Waals surface area contributed by atoms with E-state index in [1.54, 1.807) is 60.7 Å². The number of hydrogen-bond donors (Lipinski definition) is 1. The third-order valence-corrected chi connectivity index (χ3v) is 9.94. The van der Waals surface area contributed by atoms with Gasteiger partial charge in [-0.15, -0.1) is 0 Å². The van der Waals surface area contributed by atoms with Crippen molar-refractivity contribution in [3.8, 4) is 5.75 Å². The molecule has 242 valence electrons. The lowest BCUT2D eigenvalue weighted by molar-refractivity contribution is -0.140. The summed E-state index contributed by atoms with van der Waals surface area (Å²) in [5.74, 6) is -0.745. The largest absolute Gasteiger partial charge is 0.495 e. The molecule has 0 saturated carbocycles. The Balaban J connectivity index is 1.84. The summed E-state index contributed by atoms with van der Waals surface area (Å²) in [5.41, 5.74) is 1.43. The highest BCUT2D eigenvalue weighted by molar-refractivity contribution is 7.92. The first-order valence-electron chi connectivity index (χ1n) is 14.9. The van der Waals surface area contributed by atoms with Crippen LogP contribution in [0.3, 0.4) is 0 Å². The van der Waals surface area contributed by atoms with Crippen LogP contribution in [0.15, 0.2) is 108 Å². The molecular formula is C35H37Cl2N3O5S. The van der Waals surface area contributed by atoms with E-state index >= 15 is 0 Å². The van der Waals surface area contributed by atoms with E-state index in [0.29, 0.717) is 22.2 Å². The van der Waals surface area contributed by atoms with E-state index in [9.17, 15) is 18.0 Å². The Labute approximate surface area is 280 Å². The van der Waals surface area contributed by atoms with Crippen LogP contribution >= 0.6 is 23.2 Å². The minimum absolute atomic E-state index is 0.00690. The maximum Gasteiger partial charge on any atom is 0.264 e. The second kappa shape index (κ2) is 16.5. The summed E-state index contributed by atoms with van der Waals surface area (Å²) in [7, 11) is -2.85. The number of anilines is 1. The summed E-state index contributed by atoms with van der Waals surface area (Å²) in [4.78, 5) is 29.8. The molecule has 0 fully saturated rings. The van der Waals surface area contributed by atoms with Gasteiger partial charge in [0.15, 0.2) is 0 Å². The molecule has 4 rings (SSSR count). The van der Waals surface area contributed by atoms with Crippen molar-refractivity contribution in [3.63, 3.8) is 0 Å². The summed E-state index contributed by atoms with van der Waals surface area (Å²) in [6, 6.07) is 27.7. The zero-order valence-corrected chi connectivity index (χ0v) is 28.1. The SMILES string of the molecule is CCCCNC(=O)C(Cc1ccccc1)N(Cc1c(Cl)cccc1Cl)C(=O)CN(c1ccccc1OC)S(=O)(=O)c1ccccc1. The number of amides is 2. The molecule has 4 aromatic rings. The van der Waals surface area contributed by atoms with Gasteiger partial charge in [-0.2, -0.15) is 0 Å². The summed E-state index contributed by atoms with van der Waals surface area (Å²) >= 11 is 13.1. The van der Waals surface area contributed by atoms with Gasteiger partial charge >= 0.3 is 0 Å². The van der Waals surface area contributed by atoms with E-state index < -0.39 is 28.5 Å². The van der Waals surface area contributed by atoms with E-state index in [1.807, 2.05) is 37.3 Å². The second-order valence-corrected chi connectivity index (χ2v) is 13.2. The average Bonchev–Trinajstić information content (AvgIpc) is 3.07.